The van der Waals surface area contributed by atoms with Crippen LogP contribution in [0.15, 0.2) is 24.5 Å². The van der Waals surface area contributed by atoms with E-state index in [-0.39, 0.29) is 30.8 Å². The maximum atomic E-state index is 12.2. The zero-order valence-corrected chi connectivity index (χ0v) is 16.7. The first-order valence-corrected chi connectivity index (χ1v) is 9.59. The molecule has 0 saturated carbocycles. The summed E-state index contributed by atoms with van der Waals surface area (Å²) in [5, 5.41) is 8.67. The number of esters is 1. The molecule has 0 unspecified atom stereocenters. The Labute approximate surface area is 162 Å². The van der Waals surface area contributed by atoms with Crippen LogP contribution in [0.5, 0.6) is 0 Å². The minimum absolute atomic E-state index is 0.00935. The van der Waals surface area contributed by atoms with E-state index in [1.54, 1.807) is 0 Å². The number of rotatable bonds is 14. The topological polar surface area (TPSA) is 83.5 Å². The summed E-state index contributed by atoms with van der Waals surface area (Å²) in [4.78, 5) is 12.2. The van der Waals surface area contributed by atoms with Gasteiger partial charge in [0.05, 0.1) is 26.4 Å². The van der Waals surface area contributed by atoms with E-state index in [1.807, 2.05) is 13.0 Å². The molecule has 1 heterocycles. The summed E-state index contributed by atoms with van der Waals surface area (Å²) in [6.45, 7) is 12.1. The van der Waals surface area contributed by atoms with Crippen molar-refractivity contribution in [1.82, 2.24) is 0 Å². The summed E-state index contributed by atoms with van der Waals surface area (Å²) in [6.07, 6.45) is 3.58. The van der Waals surface area contributed by atoms with Crippen LogP contribution in [0.25, 0.3) is 0 Å². The van der Waals surface area contributed by atoms with Crippen LogP contribution >= 0.6 is 0 Å². The van der Waals surface area contributed by atoms with E-state index >= 15 is 0 Å². The van der Waals surface area contributed by atoms with Crippen molar-refractivity contribution in [2.45, 2.75) is 33.5 Å². The third-order valence-corrected chi connectivity index (χ3v) is 4.27. The van der Waals surface area contributed by atoms with Gasteiger partial charge in [-0.05, 0) is 31.3 Å². The van der Waals surface area contributed by atoms with Crippen LogP contribution < -0.4 is 0 Å². The molecular weight excluding hydrogens is 352 g/mol. The molecule has 1 N–H and O–H groups in total. The second-order valence-electron chi connectivity index (χ2n) is 6.58. The van der Waals surface area contributed by atoms with Gasteiger partial charge in [0.1, 0.15) is 6.61 Å². The Bertz CT molecular complexity index is 461. The van der Waals surface area contributed by atoms with E-state index in [9.17, 15) is 4.79 Å². The van der Waals surface area contributed by atoms with E-state index in [0.717, 1.165) is 6.42 Å². The van der Waals surface area contributed by atoms with Gasteiger partial charge in [-0.2, -0.15) is 0 Å². The number of carbonyl (C=O) groups is 1. The fourth-order valence-corrected chi connectivity index (χ4v) is 3.00. The van der Waals surface area contributed by atoms with Gasteiger partial charge in [-0.1, -0.05) is 26.5 Å². The largest absolute Gasteiger partial charge is 0.457 e. The molecular formula is C20H34O7. The van der Waals surface area contributed by atoms with Crippen molar-refractivity contribution < 1.29 is 33.6 Å². The summed E-state index contributed by atoms with van der Waals surface area (Å²) in [6, 6.07) is 0. The molecule has 0 spiro atoms. The average molecular weight is 386 g/mol. The van der Waals surface area contributed by atoms with Crippen LogP contribution in [-0.2, 0) is 28.5 Å². The van der Waals surface area contributed by atoms with Crippen LogP contribution in [0.4, 0.5) is 0 Å². The second kappa shape index (κ2) is 13.7. The quantitative estimate of drug-likeness (QED) is 0.279. The first-order valence-electron chi connectivity index (χ1n) is 9.59. The molecule has 7 heteroatoms. The smallest absolute Gasteiger partial charge is 0.373 e. The minimum Gasteiger partial charge on any atom is -0.457 e. The van der Waals surface area contributed by atoms with Gasteiger partial charge in [0, 0.05) is 19.1 Å². The molecule has 1 rings (SSSR count). The Hall–Kier alpha value is -1.41. The number of hydrogen-bond acceptors (Lipinski definition) is 7. The number of aliphatic hydroxyl groups excluding tert-OH is 1. The highest BCUT2D eigenvalue weighted by atomic mass is 16.7. The lowest BCUT2D eigenvalue weighted by Gasteiger charge is -2.38. The summed E-state index contributed by atoms with van der Waals surface area (Å²) in [5.74, 6) is 0.177. The zero-order valence-electron chi connectivity index (χ0n) is 16.7. The normalized spacial score (nSPS) is 22.3. The molecule has 0 bridgehead atoms. The van der Waals surface area contributed by atoms with Crippen molar-refractivity contribution in [1.29, 1.82) is 0 Å². The van der Waals surface area contributed by atoms with Gasteiger partial charge in [0.2, 0.25) is 12.0 Å². The van der Waals surface area contributed by atoms with Crippen molar-refractivity contribution in [3.8, 4) is 0 Å². The Morgan fingerprint density at radius 2 is 2.00 bits per heavy atom. The molecule has 7 nitrogen and oxygen atoms in total. The minimum atomic E-state index is -0.520. The third-order valence-electron chi connectivity index (χ3n) is 4.27. The monoisotopic (exact) mass is 386 g/mol. The molecule has 0 fully saturated rings. The standard InChI is InChI=1S/C20H34O7/c1-5-9-26-19(22)18-14-17(15(3)4)16(20(27-18)25-6-2)7-10-23-12-13-24-11-8-21/h5,14-17,20-21H,1,6-13H2,2-4H3/t16-,17-,20-/m1/s1. The third kappa shape index (κ3) is 8.43. The summed E-state index contributed by atoms with van der Waals surface area (Å²) < 4.78 is 27.5. The highest BCUT2D eigenvalue weighted by Crippen LogP contribution is 2.36. The molecule has 0 amide bonds. The van der Waals surface area contributed by atoms with Gasteiger partial charge < -0.3 is 28.8 Å². The Kier molecular flexibility index (Phi) is 12.0. The van der Waals surface area contributed by atoms with E-state index in [4.69, 9.17) is 28.8 Å². The van der Waals surface area contributed by atoms with Gasteiger partial charge in [0.25, 0.3) is 0 Å². The van der Waals surface area contributed by atoms with Gasteiger partial charge in [-0.25, -0.2) is 4.79 Å². The lowest BCUT2D eigenvalue weighted by atomic mass is 9.79. The van der Waals surface area contributed by atoms with Crippen molar-refractivity contribution in [2.24, 2.45) is 17.8 Å². The predicted octanol–water partition coefficient (Wildman–Crippen LogP) is 2.30. The summed E-state index contributed by atoms with van der Waals surface area (Å²) in [5.41, 5.74) is 0. The van der Waals surface area contributed by atoms with Crippen LogP contribution in [0.1, 0.15) is 27.2 Å². The molecule has 0 radical (unpaired) electrons. The summed E-state index contributed by atoms with van der Waals surface area (Å²) in [7, 11) is 0. The Morgan fingerprint density at radius 1 is 1.30 bits per heavy atom. The SMILES string of the molecule is C=CCOC(=O)C1=C[C@H](C(C)C)[C@@H](CCOCCOCCO)[C@H](OCC)O1. The highest BCUT2D eigenvalue weighted by Gasteiger charge is 2.38. The molecule has 1 aliphatic heterocycles. The van der Waals surface area contributed by atoms with Crippen LogP contribution in [0.3, 0.4) is 0 Å². The molecule has 3 atom stereocenters. The van der Waals surface area contributed by atoms with Crippen LogP contribution in [0, 0.1) is 17.8 Å². The lowest BCUT2D eigenvalue weighted by Crippen LogP contribution is -2.40. The van der Waals surface area contributed by atoms with E-state index < -0.39 is 12.3 Å². The molecule has 27 heavy (non-hydrogen) atoms. The fraction of sp³-hybridized carbons (Fsp3) is 0.750. The molecule has 0 saturated heterocycles. The predicted molar refractivity (Wildman–Crippen MR) is 101 cm³/mol. The number of ether oxygens (including phenoxy) is 5. The van der Waals surface area contributed by atoms with Gasteiger partial charge in [-0.3, -0.25) is 0 Å². The van der Waals surface area contributed by atoms with Crippen molar-refractivity contribution in [2.75, 3.05) is 46.2 Å². The second-order valence-corrected chi connectivity index (χ2v) is 6.58. The van der Waals surface area contributed by atoms with Crippen molar-refractivity contribution in [3.63, 3.8) is 0 Å². The van der Waals surface area contributed by atoms with Gasteiger partial charge in [-0.15, -0.1) is 0 Å². The number of carbonyl (C=O) groups excluding carboxylic acids is 1. The lowest BCUT2D eigenvalue weighted by molar-refractivity contribution is -0.184. The molecule has 0 aromatic carbocycles. The van der Waals surface area contributed by atoms with Crippen LogP contribution in [-0.4, -0.2) is 63.6 Å². The highest BCUT2D eigenvalue weighted by molar-refractivity contribution is 5.86. The first kappa shape index (κ1) is 23.6. The molecule has 0 aromatic rings. The van der Waals surface area contributed by atoms with E-state index in [1.165, 1.54) is 6.08 Å². The maximum Gasteiger partial charge on any atom is 0.373 e. The number of aliphatic hydroxyl groups is 1. The first-order chi connectivity index (χ1) is 13.0. The molecule has 156 valence electrons. The Balaban J connectivity index is 2.69. The van der Waals surface area contributed by atoms with Crippen LogP contribution in [0.2, 0.25) is 0 Å². The van der Waals surface area contributed by atoms with Crippen molar-refractivity contribution >= 4 is 5.97 Å². The zero-order chi connectivity index (χ0) is 20.1. The number of allylic oxidation sites excluding steroid dienone is 1. The van der Waals surface area contributed by atoms with Gasteiger partial charge in [0.15, 0.2) is 0 Å². The Morgan fingerprint density at radius 3 is 2.59 bits per heavy atom. The maximum absolute atomic E-state index is 12.2. The summed E-state index contributed by atoms with van der Waals surface area (Å²) >= 11 is 0. The molecule has 0 aromatic heterocycles. The molecule has 1 aliphatic rings. The fourth-order valence-electron chi connectivity index (χ4n) is 3.00. The molecule has 0 aliphatic carbocycles. The van der Waals surface area contributed by atoms with E-state index in [2.05, 4.69) is 20.4 Å². The van der Waals surface area contributed by atoms with E-state index in [0.29, 0.717) is 39.0 Å². The average Bonchev–Trinajstić information content (AvgIpc) is 2.65. The van der Waals surface area contributed by atoms with Crippen molar-refractivity contribution in [3.05, 3.63) is 24.5 Å². The van der Waals surface area contributed by atoms with Gasteiger partial charge >= 0.3 is 5.97 Å². The number of hydrogen-bond donors (Lipinski definition) is 1.